The number of anilines is 4. The number of nitrogens with one attached hydrogen (secondary N) is 3. The van der Waals surface area contributed by atoms with Crippen LogP contribution in [0.5, 0.6) is 23.1 Å². The molecule has 0 saturated carbocycles. The number of nitrogen functional groups attached to an aromatic ring is 1. The van der Waals surface area contributed by atoms with Gasteiger partial charge in [0.25, 0.3) is 0 Å². The molecule has 0 bridgehead atoms. The highest BCUT2D eigenvalue weighted by molar-refractivity contribution is 5.80. The maximum absolute atomic E-state index is 14.5. The highest BCUT2D eigenvalue weighted by Crippen LogP contribution is 2.36. The zero-order chi connectivity index (χ0) is 63.0. The summed E-state index contributed by atoms with van der Waals surface area (Å²) in [5.74, 6) is 4.42. The van der Waals surface area contributed by atoms with Crippen molar-refractivity contribution in [1.29, 1.82) is 0 Å². The molecular formula is C68H65F3N16O4. The fourth-order valence-corrected chi connectivity index (χ4v) is 11.6. The van der Waals surface area contributed by atoms with Crippen molar-refractivity contribution in [2.45, 2.75) is 93.5 Å². The lowest BCUT2D eigenvalue weighted by molar-refractivity contribution is 0.232. The lowest BCUT2D eigenvalue weighted by atomic mass is 10.0. The van der Waals surface area contributed by atoms with Crippen LogP contribution in [-0.4, -0.2) is 84.0 Å². The lowest BCUT2D eigenvalue weighted by Crippen LogP contribution is -2.10. The number of imidazole rings is 3. The number of hydrogen-bond donors (Lipinski definition) is 4. The van der Waals surface area contributed by atoms with Crippen molar-refractivity contribution < 1.29 is 32.1 Å². The first kappa shape index (κ1) is 59.1. The molecule has 0 spiro atoms. The Morgan fingerprint density at radius 1 is 0.495 bits per heavy atom. The van der Waals surface area contributed by atoms with Crippen molar-refractivity contribution in [3.63, 3.8) is 0 Å². The molecule has 3 aliphatic heterocycles. The third-order valence-corrected chi connectivity index (χ3v) is 15.9. The number of ether oxygens (including phenoxy) is 4. The molecule has 3 aromatic carbocycles. The number of hydrogen-bond acceptors (Lipinski definition) is 17. The molecular weight excluding hydrogens is 1160 g/mol. The Hall–Kier alpha value is -10.8. The van der Waals surface area contributed by atoms with Gasteiger partial charge in [0, 0.05) is 174 Å². The summed E-state index contributed by atoms with van der Waals surface area (Å²) in [6, 6.07) is 17.3. The summed E-state index contributed by atoms with van der Waals surface area (Å²) in [6.45, 7) is 16.3. The first-order valence-electron chi connectivity index (χ1n) is 29.9. The van der Waals surface area contributed by atoms with E-state index in [1.165, 1.54) is 18.2 Å². The van der Waals surface area contributed by atoms with Crippen LogP contribution in [0.2, 0.25) is 0 Å². The molecule has 12 aromatic rings. The Kier molecular flexibility index (Phi) is 16.2. The lowest BCUT2D eigenvalue weighted by Gasteiger charge is -2.13. The fourth-order valence-electron chi connectivity index (χ4n) is 11.6. The maximum Gasteiger partial charge on any atom is 0.213 e. The van der Waals surface area contributed by atoms with Gasteiger partial charge in [-0.15, -0.1) is 0 Å². The average Bonchev–Trinajstić information content (AvgIpc) is 1.80. The number of nitrogens with two attached hydrogens (primary N) is 1. The van der Waals surface area contributed by atoms with Crippen LogP contribution in [0, 0.1) is 52.1 Å². The Morgan fingerprint density at radius 3 is 1.31 bits per heavy atom. The summed E-state index contributed by atoms with van der Waals surface area (Å²) >= 11 is 0. The van der Waals surface area contributed by atoms with Crippen molar-refractivity contribution >= 4 is 40.6 Å². The van der Waals surface area contributed by atoms with Gasteiger partial charge in [0.2, 0.25) is 23.7 Å². The van der Waals surface area contributed by atoms with E-state index in [4.69, 9.17) is 24.7 Å². The number of benzene rings is 3. The van der Waals surface area contributed by atoms with Crippen LogP contribution in [0.25, 0.3) is 50.3 Å². The van der Waals surface area contributed by atoms with E-state index < -0.39 is 0 Å². The molecule has 0 unspecified atom stereocenters. The molecule has 12 heterocycles. The van der Waals surface area contributed by atoms with Crippen molar-refractivity contribution in [3.05, 3.63) is 202 Å². The highest BCUT2D eigenvalue weighted by atomic mass is 19.1. The highest BCUT2D eigenvalue weighted by Gasteiger charge is 2.24. The number of pyridine rings is 3. The van der Waals surface area contributed by atoms with E-state index in [0.717, 1.165) is 119 Å². The van der Waals surface area contributed by atoms with Gasteiger partial charge in [-0.1, -0.05) is 0 Å². The minimum atomic E-state index is -0.246. The van der Waals surface area contributed by atoms with Gasteiger partial charge in [0.1, 0.15) is 57.5 Å². The van der Waals surface area contributed by atoms with E-state index in [1.54, 1.807) is 49.2 Å². The molecule has 0 atom stereocenters. The van der Waals surface area contributed by atoms with Crippen molar-refractivity contribution in [2.75, 3.05) is 41.5 Å². The molecule has 0 fully saturated rings. The Labute approximate surface area is 521 Å². The number of nitrogens with zero attached hydrogens (tertiary/aromatic N) is 12. The second kappa shape index (κ2) is 25.0. The Morgan fingerprint density at radius 2 is 0.912 bits per heavy atom. The van der Waals surface area contributed by atoms with Gasteiger partial charge in [-0.05, 0) is 114 Å². The van der Waals surface area contributed by atoms with Gasteiger partial charge < -0.3 is 40.6 Å². The normalized spacial score (nSPS) is 12.8. The van der Waals surface area contributed by atoms with Gasteiger partial charge >= 0.3 is 0 Å². The van der Waals surface area contributed by atoms with Crippen LogP contribution >= 0.6 is 0 Å². The minimum absolute atomic E-state index is 0.0595. The number of fused-ring (bicyclic) bond motifs is 6. The Bertz CT molecular complexity index is 4740. The third-order valence-electron chi connectivity index (χ3n) is 15.9. The quantitative estimate of drug-likeness (QED) is 0.0793. The summed E-state index contributed by atoms with van der Waals surface area (Å²) in [7, 11) is 0. The second-order valence-corrected chi connectivity index (χ2v) is 22.8. The van der Waals surface area contributed by atoms with Gasteiger partial charge in [0.15, 0.2) is 0 Å². The molecule has 15 rings (SSSR count). The molecule has 23 heteroatoms. The topological polar surface area (TPSA) is 228 Å². The summed E-state index contributed by atoms with van der Waals surface area (Å²) in [5, 5.41) is 9.82. The summed E-state index contributed by atoms with van der Waals surface area (Å²) in [6.07, 6.45) is 20.3. The maximum atomic E-state index is 14.5. The largest absolute Gasteiger partial charge is 0.493 e. The molecule has 0 amide bonds. The predicted octanol–water partition coefficient (Wildman–Crippen LogP) is 12.3. The van der Waals surface area contributed by atoms with Crippen LogP contribution in [-0.2, 0) is 38.9 Å². The van der Waals surface area contributed by atoms with Crippen LogP contribution in [0.4, 0.5) is 36.8 Å². The van der Waals surface area contributed by atoms with Crippen molar-refractivity contribution in [3.8, 4) is 56.5 Å². The monoisotopic (exact) mass is 1230 g/mol. The second-order valence-electron chi connectivity index (χ2n) is 22.8. The van der Waals surface area contributed by atoms with Crippen LogP contribution < -0.4 is 40.6 Å². The third kappa shape index (κ3) is 12.1. The van der Waals surface area contributed by atoms with Gasteiger partial charge in [-0.3, -0.25) is 18.2 Å². The molecule has 0 aliphatic carbocycles. The zero-order valence-electron chi connectivity index (χ0n) is 51.2. The van der Waals surface area contributed by atoms with E-state index in [2.05, 4.69) is 66.9 Å². The van der Waals surface area contributed by atoms with Crippen LogP contribution in [0.3, 0.4) is 0 Å². The molecule has 5 N–H and O–H groups in total. The van der Waals surface area contributed by atoms with Crippen molar-refractivity contribution in [1.82, 2.24) is 58.1 Å². The molecule has 0 saturated heterocycles. The fraction of sp³-hybridized carbons (Fsp3) is 0.250. The summed E-state index contributed by atoms with van der Waals surface area (Å²) < 4.78 is 71.4. The first-order valence-corrected chi connectivity index (χ1v) is 29.9. The predicted molar refractivity (Wildman–Crippen MR) is 341 cm³/mol. The van der Waals surface area contributed by atoms with E-state index >= 15 is 0 Å². The van der Waals surface area contributed by atoms with Crippen LogP contribution in [0.1, 0.15) is 75.4 Å². The summed E-state index contributed by atoms with van der Waals surface area (Å²) in [4.78, 5) is 40.7. The molecule has 0 radical (unpaired) electrons. The van der Waals surface area contributed by atoms with Crippen molar-refractivity contribution in [2.24, 2.45) is 0 Å². The van der Waals surface area contributed by atoms with E-state index in [1.807, 2.05) is 111 Å². The Balaban J connectivity index is 0.000000125. The number of halogens is 3. The van der Waals surface area contributed by atoms with E-state index in [-0.39, 0.29) is 23.6 Å². The van der Waals surface area contributed by atoms with E-state index in [9.17, 15) is 13.2 Å². The number of rotatable bonds is 14. The summed E-state index contributed by atoms with van der Waals surface area (Å²) in [5.41, 5.74) is 22.7. The molecule has 20 nitrogen and oxygen atoms in total. The number of aryl methyl sites for hydroxylation is 5. The zero-order valence-corrected chi connectivity index (χ0v) is 51.2. The first-order chi connectivity index (χ1) is 44.1. The van der Waals surface area contributed by atoms with Gasteiger partial charge in [-0.25, -0.2) is 53.0 Å². The smallest absolute Gasteiger partial charge is 0.213 e. The standard InChI is InChI=1S/C24H24FN5O2.C22H21FN6O.C22H20FN5O/c1-14(2)32-22-7-4-16(10-26-22)18-11-27-24(30-13-15(3)29-23(18)30)28-12-19-17-8-9-31-21(17)6-5-20(19)25;1-12-7-14(8-25-20(12)24)16-9-26-22(29-11-13(2)28-21(16)29)27-10-17-15-5-6-30-19(15)4-3-18(17)23;1-13-7-15(9-24-8-13)17-10-25-22(28-12-14(2)27-21(17)28)26-11-18-16-5-6-29-20(16)4-3-19(18)23/h4-7,10-11,13-14H,8-9,12H2,1-3H3,(H,27,28);3-4,7-9,11H,5-6,10H2,1-2H3,(H2,24,25)(H,26,27);3-4,7-10,12H,5-6,11H2,1-2H3,(H,25,26). The van der Waals surface area contributed by atoms with Gasteiger partial charge in [0.05, 0.1) is 43.0 Å². The molecule has 3 aliphatic rings. The van der Waals surface area contributed by atoms with Crippen LogP contribution in [0.15, 0.2) is 123 Å². The molecule has 91 heavy (non-hydrogen) atoms. The average molecular weight is 1230 g/mol. The molecule has 9 aromatic heterocycles. The van der Waals surface area contributed by atoms with E-state index in [0.29, 0.717) is 98.5 Å². The minimum Gasteiger partial charge on any atom is -0.493 e. The molecule has 462 valence electrons. The SMILES string of the molecule is Cc1cn2c(NCc3c(F)ccc4c3CCO4)ncc(-c3ccc(OC(C)C)nc3)c2n1.Cc1cn2c(NCc3c(F)ccc4c3CCO4)ncc(-c3cnc(N)c(C)c3)c2n1.Cc1cncc(-c2cnc(NCc3c(F)ccc4c3CCO4)n3cc(C)nc23)c1. The number of aromatic nitrogens is 12. The van der Waals surface area contributed by atoms with Gasteiger partial charge in [-0.2, -0.15) is 0 Å².